The Bertz CT molecular complexity index is 607. The van der Waals surface area contributed by atoms with Gasteiger partial charge in [0.15, 0.2) is 0 Å². The maximum absolute atomic E-state index is 13.7. The van der Waals surface area contributed by atoms with Crippen molar-refractivity contribution in [2.45, 2.75) is 25.1 Å². The second kappa shape index (κ2) is 7.61. The second-order valence-corrected chi connectivity index (χ2v) is 5.27. The number of amides is 2. The number of hydrogen-bond donors (Lipinski definition) is 1. The lowest BCUT2D eigenvalue weighted by Gasteiger charge is -2.17. The molecule has 0 aromatic heterocycles. The minimum Gasteiger partial charge on any atom is -0.372 e. The van der Waals surface area contributed by atoms with E-state index in [0.717, 1.165) is 0 Å². The zero-order chi connectivity index (χ0) is 17.7. The summed E-state index contributed by atoms with van der Waals surface area (Å²) in [6.07, 6.45) is -4.44. The maximum atomic E-state index is 13.7. The summed E-state index contributed by atoms with van der Waals surface area (Å²) in [6.45, 7) is -1.58. The van der Waals surface area contributed by atoms with Crippen LogP contribution in [0.2, 0.25) is 0 Å². The summed E-state index contributed by atoms with van der Waals surface area (Å²) in [5, 5.41) is 2.43. The molecule has 1 saturated heterocycles. The molecular formula is C15H16F4N2O3. The highest BCUT2D eigenvalue weighted by molar-refractivity contribution is 6.01. The minimum absolute atomic E-state index is 0.132. The van der Waals surface area contributed by atoms with Gasteiger partial charge in [-0.05, 0) is 18.6 Å². The first kappa shape index (κ1) is 18.2. The normalized spacial score (nSPS) is 18.1. The molecule has 9 heteroatoms. The molecule has 2 amide bonds. The predicted molar refractivity (Wildman–Crippen MR) is 76.8 cm³/mol. The van der Waals surface area contributed by atoms with Gasteiger partial charge in [-0.3, -0.25) is 9.59 Å². The summed E-state index contributed by atoms with van der Waals surface area (Å²) < 4.78 is 53.7. The molecule has 1 heterocycles. The van der Waals surface area contributed by atoms with Crippen LogP contribution in [0.15, 0.2) is 24.3 Å². The second-order valence-electron chi connectivity index (χ2n) is 5.27. The smallest absolute Gasteiger partial charge is 0.372 e. The van der Waals surface area contributed by atoms with Crippen LogP contribution in [0.3, 0.4) is 0 Å². The van der Waals surface area contributed by atoms with Gasteiger partial charge in [-0.2, -0.15) is 13.2 Å². The summed E-state index contributed by atoms with van der Waals surface area (Å²) in [4.78, 5) is 25.1. The first-order valence-electron chi connectivity index (χ1n) is 7.28. The van der Waals surface area contributed by atoms with Crippen LogP contribution >= 0.6 is 0 Å². The molecule has 1 aliphatic rings. The van der Waals surface area contributed by atoms with Crippen molar-refractivity contribution < 1.29 is 31.9 Å². The van der Waals surface area contributed by atoms with Crippen molar-refractivity contribution in [2.24, 2.45) is 0 Å². The molecule has 2 rings (SSSR count). The van der Waals surface area contributed by atoms with Crippen molar-refractivity contribution in [3.05, 3.63) is 30.1 Å². The Hall–Kier alpha value is -2.16. The molecule has 0 bridgehead atoms. The van der Waals surface area contributed by atoms with Crippen molar-refractivity contribution in [3.8, 4) is 0 Å². The quantitative estimate of drug-likeness (QED) is 0.632. The van der Waals surface area contributed by atoms with Crippen LogP contribution in [0.1, 0.15) is 12.8 Å². The van der Waals surface area contributed by atoms with Crippen LogP contribution < -0.4 is 10.2 Å². The van der Waals surface area contributed by atoms with E-state index in [0.29, 0.717) is 6.42 Å². The Labute approximate surface area is 135 Å². The van der Waals surface area contributed by atoms with Crippen LogP contribution in [0, 0.1) is 5.82 Å². The third kappa shape index (κ3) is 4.92. The number of para-hydroxylation sites is 1. The van der Waals surface area contributed by atoms with Gasteiger partial charge in [0.2, 0.25) is 11.8 Å². The molecule has 0 radical (unpaired) electrons. The van der Waals surface area contributed by atoms with E-state index in [1.54, 1.807) is 6.07 Å². The molecule has 0 spiro atoms. The zero-order valence-corrected chi connectivity index (χ0v) is 12.6. The molecule has 0 saturated carbocycles. The molecule has 1 aromatic rings. The third-order valence-electron chi connectivity index (χ3n) is 3.42. The van der Waals surface area contributed by atoms with Gasteiger partial charge in [0, 0.05) is 13.0 Å². The number of carbonyl (C=O) groups excluding carboxylic acids is 2. The Morgan fingerprint density at radius 1 is 1.33 bits per heavy atom. The minimum atomic E-state index is -4.45. The first-order chi connectivity index (χ1) is 11.3. The average Bonchev–Trinajstić information content (AvgIpc) is 2.84. The number of ether oxygens (including phenoxy) is 1. The lowest BCUT2D eigenvalue weighted by molar-refractivity contribution is -0.174. The van der Waals surface area contributed by atoms with E-state index in [1.165, 1.54) is 23.1 Å². The topological polar surface area (TPSA) is 58.6 Å². The number of nitrogens with one attached hydrogen (secondary N) is 1. The fourth-order valence-corrected chi connectivity index (χ4v) is 2.34. The number of anilines is 1. The molecule has 24 heavy (non-hydrogen) atoms. The molecule has 1 N–H and O–H groups in total. The van der Waals surface area contributed by atoms with Gasteiger partial charge in [0.25, 0.3) is 0 Å². The SMILES string of the molecule is O=C(CCOCC(F)(F)F)NC1CCN(c2ccccc2F)C1=O. The number of benzene rings is 1. The summed E-state index contributed by atoms with van der Waals surface area (Å²) >= 11 is 0. The standard InChI is InChI=1S/C15H16F4N2O3/c16-10-3-1-2-4-12(10)21-7-5-11(14(21)23)20-13(22)6-8-24-9-15(17,18)19/h1-4,11H,5-9H2,(H,20,22). The van der Waals surface area contributed by atoms with E-state index >= 15 is 0 Å². The van der Waals surface area contributed by atoms with E-state index in [2.05, 4.69) is 10.1 Å². The van der Waals surface area contributed by atoms with Crippen molar-refractivity contribution in [1.82, 2.24) is 5.32 Å². The van der Waals surface area contributed by atoms with Gasteiger partial charge in [-0.1, -0.05) is 12.1 Å². The van der Waals surface area contributed by atoms with E-state index in [1.807, 2.05) is 0 Å². The highest BCUT2D eigenvalue weighted by atomic mass is 19.4. The van der Waals surface area contributed by atoms with Gasteiger partial charge in [-0.25, -0.2) is 4.39 Å². The molecule has 1 aliphatic heterocycles. The van der Waals surface area contributed by atoms with Gasteiger partial charge in [-0.15, -0.1) is 0 Å². The summed E-state index contributed by atoms with van der Waals surface area (Å²) in [7, 11) is 0. The number of hydrogen-bond acceptors (Lipinski definition) is 3. The largest absolute Gasteiger partial charge is 0.411 e. The van der Waals surface area contributed by atoms with Gasteiger partial charge < -0.3 is 15.0 Å². The summed E-state index contributed by atoms with van der Waals surface area (Å²) in [5.74, 6) is -1.59. The summed E-state index contributed by atoms with van der Waals surface area (Å²) in [5.41, 5.74) is 0.132. The van der Waals surface area contributed by atoms with Crippen LogP contribution in [-0.4, -0.2) is 43.8 Å². The molecule has 1 fully saturated rings. The molecule has 1 atom stereocenters. The number of carbonyl (C=O) groups is 2. The van der Waals surface area contributed by atoms with Crippen molar-refractivity contribution >= 4 is 17.5 Å². The Balaban J connectivity index is 1.81. The molecule has 132 valence electrons. The Kier molecular flexibility index (Phi) is 5.76. The highest BCUT2D eigenvalue weighted by Crippen LogP contribution is 2.24. The van der Waals surface area contributed by atoms with Crippen LogP contribution in [0.4, 0.5) is 23.2 Å². The van der Waals surface area contributed by atoms with E-state index in [-0.39, 0.29) is 18.7 Å². The fraction of sp³-hybridized carbons (Fsp3) is 0.467. The Morgan fingerprint density at radius 2 is 2.04 bits per heavy atom. The predicted octanol–water partition coefficient (Wildman–Crippen LogP) is 2.02. The number of alkyl halides is 3. The Morgan fingerprint density at radius 3 is 2.71 bits per heavy atom. The van der Waals surface area contributed by atoms with Crippen LogP contribution in [-0.2, 0) is 14.3 Å². The number of halogens is 4. The van der Waals surface area contributed by atoms with Gasteiger partial charge >= 0.3 is 6.18 Å². The van der Waals surface area contributed by atoms with Gasteiger partial charge in [0.05, 0.1) is 12.3 Å². The highest BCUT2D eigenvalue weighted by Gasteiger charge is 2.34. The first-order valence-corrected chi connectivity index (χ1v) is 7.28. The van der Waals surface area contributed by atoms with Crippen molar-refractivity contribution in [1.29, 1.82) is 0 Å². The molecule has 5 nitrogen and oxygen atoms in total. The van der Waals surface area contributed by atoms with Crippen LogP contribution in [0.5, 0.6) is 0 Å². The van der Waals surface area contributed by atoms with Crippen molar-refractivity contribution in [2.75, 3.05) is 24.7 Å². The third-order valence-corrected chi connectivity index (χ3v) is 3.42. The molecule has 1 aromatic carbocycles. The molecular weight excluding hydrogens is 332 g/mol. The number of nitrogens with zero attached hydrogens (tertiary/aromatic N) is 1. The monoisotopic (exact) mass is 348 g/mol. The van der Waals surface area contributed by atoms with Crippen LogP contribution in [0.25, 0.3) is 0 Å². The van der Waals surface area contributed by atoms with E-state index < -0.39 is 43.1 Å². The molecule has 1 unspecified atom stereocenters. The van der Waals surface area contributed by atoms with Gasteiger partial charge in [0.1, 0.15) is 18.5 Å². The number of rotatable bonds is 6. The van der Waals surface area contributed by atoms with E-state index in [4.69, 9.17) is 0 Å². The fourth-order valence-electron chi connectivity index (χ4n) is 2.34. The average molecular weight is 348 g/mol. The summed E-state index contributed by atoms with van der Waals surface area (Å²) in [6, 6.07) is 4.96. The molecule has 0 aliphatic carbocycles. The lowest BCUT2D eigenvalue weighted by Crippen LogP contribution is -2.42. The zero-order valence-electron chi connectivity index (χ0n) is 12.6. The van der Waals surface area contributed by atoms with E-state index in [9.17, 15) is 27.2 Å². The van der Waals surface area contributed by atoms with Crippen molar-refractivity contribution in [3.63, 3.8) is 0 Å². The lowest BCUT2D eigenvalue weighted by atomic mass is 10.2. The maximum Gasteiger partial charge on any atom is 0.411 e.